The standard InChI is InChI=1S/C12H11BrO4/c13-12(8-4-11(14)15-5-8)7-1-2-9-10(3-7)17-6-16-9/h1-3,8,12H,4-6H2. The van der Waals surface area contributed by atoms with Crippen LogP contribution in [0.5, 0.6) is 11.5 Å². The molecule has 0 aliphatic carbocycles. The number of alkyl halides is 1. The number of hydrogen-bond donors (Lipinski definition) is 0. The van der Waals surface area contributed by atoms with Crippen LogP contribution in [0.1, 0.15) is 16.8 Å². The van der Waals surface area contributed by atoms with Crippen LogP contribution in [-0.2, 0) is 9.53 Å². The average molecular weight is 299 g/mol. The Labute approximate surface area is 107 Å². The van der Waals surface area contributed by atoms with Gasteiger partial charge in [0, 0.05) is 10.7 Å². The van der Waals surface area contributed by atoms with Gasteiger partial charge in [-0.1, -0.05) is 22.0 Å². The van der Waals surface area contributed by atoms with Gasteiger partial charge in [0.25, 0.3) is 0 Å². The van der Waals surface area contributed by atoms with Crippen molar-refractivity contribution in [1.82, 2.24) is 0 Å². The van der Waals surface area contributed by atoms with Gasteiger partial charge in [0.2, 0.25) is 6.79 Å². The van der Waals surface area contributed by atoms with E-state index >= 15 is 0 Å². The normalized spacial score (nSPS) is 23.6. The zero-order chi connectivity index (χ0) is 11.8. The van der Waals surface area contributed by atoms with Crippen LogP contribution in [0, 0.1) is 5.92 Å². The van der Waals surface area contributed by atoms with E-state index in [9.17, 15) is 4.79 Å². The molecule has 0 radical (unpaired) electrons. The lowest BCUT2D eigenvalue weighted by atomic mass is 9.98. The van der Waals surface area contributed by atoms with Crippen LogP contribution < -0.4 is 9.47 Å². The first-order chi connectivity index (χ1) is 8.24. The first-order valence-electron chi connectivity index (χ1n) is 5.43. The highest BCUT2D eigenvalue weighted by Gasteiger charge is 2.31. The van der Waals surface area contributed by atoms with Crippen molar-refractivity contribution >= 4 is 21.9 Å². The molecule has 90 valence electrons. The van der Waals surface area contributed by atoms with Crippen molar-refractivity contribution in [2.24, 2.45) is 5.92 Å². The summed E-state index contributed by atoms with van der Waals surface area (Å²) in [5, 5.41) is 0. The second-order valence-corrected chi connectivity index (χ2v) is 5.15. The molecule has 5 heteroatoms. The number of cyclic esters (lactones) is 1. The number of halogens is 1. The van der Waals surface area contributed by atoms with Crippen molar-refractivity contribution in [2.75, 3.05) is 13.4 Å². The third-order valence-corrected chi connectivity index (χ3v) is 4.29. The van der Waals surface area contributed by atoms with Crippen molar-refractivity contribution in [2.45, 2.75) is 11.2 Å². The predicted molar refractivity (Wildman–Crippen MR) is 63.3 cm³/mol. The Hall–Kier alpha value is -1.23. The van der Waals surface area contributed by atoms with Gasteiger partial charge in [0.15, 0.2) is 11.5 Å². The van der Waals surface area contributed by atoms with Gasteiger partial charge in [0.1, 0.15) is 0 Å². The molecule has 0 N–H and O–H groups in total. The van der Waals surface area contributed by atoms with Crippen LogP contribution in [0.2, 0.25) is 0 Å². The molecule has 2 aliphatic rings. The fourth-order valence-electron chi connectivity index (χ4n) is 2.08. The second-order valence-electron chi connectivity index (χ2n) is 4.16. The maximum absolute atomic E-state index is 11.1. The van der Waals surface area contributed by atoms with E-state index < -0.39 is 0 Å². The summed E-state index contributed by atoms with van der Waals surface area (Å²) in [5.41, 5.74) is 1.08. The van der Waals surface area contributed by atoms with E-state index in [4.69, 9.17) is 14.2 Å². The number of carbonyl (C=O) groups excluding carboxylic acids is 1. The van der Waals surface area contributed by atoms with Crippen LogP contribution in [-0.4, -0.2) is 19.4 Å². The summed E-state index contributed by atoms with van der Waals surface area (Å²) in [6.45, 7) is 0.750. The lowest BCUT2D eigenvalue weighted by Crippen LogP contribution is -2.07. The Morgan fingerprint density at radius 1 is 1.24 bits per heavy atom. The largest absolute Gasteiger partial charge is 0.465 e. The monoisotopic (exact) mass is 298 g/mol. The molecule has 0 aromatic heterocycles. The molecule has 1 fully saturated rings. The molecule has 4 nitrogen and oxygen atoms in total. The van der Waals surface area contributed by atoms with Crippen LogP contribution in [0.3, 0.4) is 0 Å². The molecule has 1 saturated heterocycles. The molecule has 17 heavy (non-hydrogen) atoms. The van der Waals surface area contributed by atoms with E-state index in [0.29, 0.717) is 13.0 Å². The highest BCUT2D eigenvalue weighted by Crippen LogP contribution is 2.41. The molecule has 0 bridgehead atoms. The maximum Gasteiger partial charge on any atom is 0.306 e. The number of hydrogen-bond acceptors (Lipinski definition) is 4. The van der Waals surface area contributed by atoms with Crippen LogP contribution in [0.4, 0.5) is 0 Å². The maximum atomic E-state index is 11.1. The van der Waals surface area contributed by atoms with Crippen molar-refractivity contribution < 1.29 is 19.0 Å². The summed E-state index contributed by atoms with van der Waals surface area (Å²) >= 11 is 3.62. The lowest BCUT2D eigenvalue weighted by molar-refractivity contribution is -0.137. The number of ether oxygens (including phenoxy) is 3. The van der Waals surface area contributed by atoms with Crippen molar-refractivity contribution in [3.63, 3.8) is 0 Å². The van der Waals surface area contributed by atoms with E-state index in [1.807, 2.05) is 18.2 Å². The summed E-state index contributed by atoms with van der Waals surface area (Å²) < 4.78 is 15.6. The van der Waals surface area contributed by atoms with Crippen molar-refractivity contribution in [3.05, 3.63) is 23.8 Å². The molecular formula is C12H11BrO4. The van der Waals surface area contributed by atoms with Gasteiger partial charge in [0.05, 0.1) is 13.0 Å². The minimum atomic E-state index is -0.125. The van der Waals surface area contributed by atoms with E-state index in [2.05, 4.69) is 15.9 Å². The highest BCUT2D eigenvalue weighted by molar-refractivity contribution is 9.09. The van der Waals surface area contributed by atoms with E-state index in [1.165, 1.54) is 0 Å². The van der Waals surface area contributed by atoms with Gasteiger partial charge >= 0.3 is 5.97 Å². The zero-order valence-corrected chi connectivity index (χ0v) is 10.6. The molecule has 2 aliphatic heterocycles. The van der Waals surface area contributed by atoms with Crippen LogP contribution >= 0.6 is 15.9 Å². The molecule has 0 amide bonds. The smallest absolute Gasteiger partial charge is 0.306 e. The van der Waals surface area contributed by atoms with Gasteiger partial charge in [-0.05, 0) is 17.7 Å². The first kappa shape index (κ1) is 10.9. The van der Waals surface area contributed by atoms with Gasteiger partial charge in [-0.3, -0.25) is 4.79 Å². The zero-order valence-electron chi connectivity index (χ0n) is 9.02. The Morgan fingerprint density at radius 2 is 2.06 bits per heavy atom. The van der Waals surface area contributed by atoms with Crippen molar-refractivity contribution in [1.29, 1.82) is 0 Å². The number of benzene rings is 1. The second kappa shape index (κ2) is 4.22. The fraction of sp³-hybridized carbons (Fsp3) is 0.417. The Bertz CT molecular complexity index is 460. The average Bonchev–Trinajstić information content (AvgIpc) is 2.95. The third kappa shape index (κ3) is 1.99. The lowest BCUT2D eigenvalue weighted by Gasteiger charge is -2.15. The summed E-state index contributed by atoms with van der Waals surface area (Å²) in [6, 6.07) is 5.82. The first-order valence-corrected chi connectivity index (χ1v) is 6.35. The van der Waals surface area contributed by atoms with Gasteiger partial charge in [-0.25, -0.2) is 0 Å². The molecule has 2 atom stereocenters. The molecule has 0 saturated carbocycles. The molecule has 1 aromatic carbocycles. The third-order valence-electron chi connectivity index (χ3n) is 3.02. The van der Waals surface area contributed by atoms with E-state index in [-0.39, 0.29) is 23.5 Å². The summed E-state index contributed by atoms with van der Waals surface area (Å²) in [6.07, 6.45) is 0.463. The van der Waals surface area contributed by atoms with Crippen LogP contribution in [0.15, 0.2) is 18.2 Å². The summed E-state index contributed by atoms with van der Waals surface area (Å²) in [7, 11) is 0. The number of esters is 1. The quantitative estimate of drug-likeness (QED) is 0.621. The molecular weight excluding hydrogens is 288 g/mol. The predicted octanol–water partition coefficient (Wildman–Crippen LogP) is 2.41. The van der Waals surface area contributed by atoms with E-state index in [1.54, 1.807) is 0 Å². The highest BCUT2D eigenvalue weighted by atomic mass is 79.9. The Kier molecular flexibility index (Phi) is 2.70. The van der Waals surface area contributed by atoms with E-state index in [0.717, 1.165) is 17.1 Å². The van der Waals surface area contributed by atoms with Gasteiger partial charge in [-0.2, -0.15) is 0 Å². The minimum Gasteiger partial charge on any atom is -0.465 e. The van der Waals surface area contributed by atoms with Gasteiger partial charge < -0.3 is 14.2 Å². The van der Waals surface area contributed by atoms with Gasteiger partial charge in [-0.15, -0.1) is 0 Å². The topological polar surface area (TPSA) is 44.8 Å². The Balaban J connectivity index is 1.81. The molecule has 2 heterocycles. The Morgan fingerprint density at radius 3 is 2.82 bits per heavy atom. The molecule has 2 unspecified atom stereocenters. The molecule has 1 aromatic rings. The number of fused-ring (bicyclic) bond motifs is 1. The summed E-state index contributed by atoms with van der Waals surface area (Å²) in [4.78, 5) is 11.2. The fourth-order valence-corrected chi connectivity index (χ4v) is 2.70. The van der Waals surface area contributed by atoms with Crippen LogP contribution in [0.25, 0.3) is 0 Å². The molecule has 3 rings (SSSR count). The SMILES string of the molecule is O=C1CC(C(Br)c2ccc3c(c2)OCO3)CO1. The number of carbonyl (C=O) groups is 1. The number of rotatable bonds is 2. The summed E-state index contributed by atoms with van der Waals surface area (Å²) in [5.74, 6) is 1.59. The molecule has 0 spiro atoms. The van der Waals surface area contributed by atoms with Crippen molar-refractivity contribution in [3.8, 4) is 11.5 Å². The minimum absolute atomic E-state index is 0.100.